The molecule has 0 aromatic heterocycles. The maximum Gasteiger partial charge on any atom is 0.339 e. The highest BCUT2D eigenvalue weighted by Gasteiger charge is 2.48. The lowest BCUT2D eigenvalue weighted by atomic mass is 10.0. The number of rotatable bonds is 13. The number of aliphatic hydroxyl groups excluding tert-OH is 1. The quantitative estimate of drug-likeness (QED) is 0.294. The van der Waals surface area contributed by atoms with Gasteiger partial charge in [-0.2, -0.15) is 0 Å². The number of cyclic esters (lactones) is 1. The molecule has 1 fully saturated rings. The second-order valence-electron chi connectivity index (χ2n) is 7.00. The van der Waals surface area contributed by atoms with E-state index in [0.717, 1.165) is 12.8 Å². The molecule has 1 N–H and O–H groups in total. The molecule has 0 aromatic carbocycles. The zero-order valence-corrected chi connectivity index (χ0v) is 15.8. The minimum atomic E-state index is -1.24. The van der Waals surface area contributed by atoms with Crippen molar-refractivity contribution < 1.29 is 19.4 Å². The maximum atomic E-state index is 11.8. The second-order valence-corrected chi connectivity index (χ2v) is 7.00. The van der Waals surface area contributed by atoms with Crippen molar-refractivity contribution in [3.05, 3.63) is 11.6 Å². The van der Waals surface area contributed by atoms with E-state index in [1.54, 1.807) is 6.92 Å². The van der Waals surface area contributed by atoms with Crippen molar-refractivity contribution in [2.45, 2.75) is 103 Å². The third-order valence-electron chi connectivity index (χ3n) is 4.90. The Hall–Kier alpha value is -0.870. The Morgan fingerprint density at radius 1 is 1.04 bits per heavy atom. The molecule has 1 aliphatic rings. The van der Waals surface area contributed by atoms with E-state index in [9.17, 15) is 9.90 Å². The molecule has 0 spiro atoms. The second kappa shape index (κ2) is 11.6. The Morgan fingerprint density at radius 2 is 1.54 bits per heavy atom. The Kier molecular flexibility index (Phi) is 10.3. The van der Waals surface area contributed by atoms with Crippen molar-refractivity contribution in [3.63, 3.8) is 0 Å². The molecule has 140 valence electrons. The van der Waals surface area contributed by atoms with Crippen LogP contribution in [-0.2, 0) is 14.3 Å². The first-order valence-electron chi connectivity index (χ1n) is 9.71. The predicted molar refractivity (Wildman–Crippen MR) is 96.7 cm³/mol. The molecular weight excluding hydrogens is 304 g/mol. The van der Waals surface area contributed by atoms with E-state index >= 15 is 0 Å². The predicted octanol–water partition coefficient (Wildman–Crippen LogP) is 4.89. The zero-order chi connectivity index (χ0) is 17.8. The van der Waals surface area contributed by atoms with Crippen molar-refractivity contribution in [2.75, 3.05) is 7.11 Å². The van der Waals surface area contributed by atoms with Crippen LogP contribution in [0.3, 0.4) is 0 Å². The molecule has 1 heterocycles. The summed E-state index contributed by atoms with van der Waals surface area (Å²) >= 11 is 0. The summed E-state index contributed by atoms with van der Waals surface area (Å²) in [5, 5.41) is 10.1. The first kappa shape index (κ1) is 21.2. The summed E-state index contributed by atoms with van der Waals surface area (Å²) in [6.45, 7) is 3.83. The molecule has 0 saturated carbocycles. The van der Waals surface area contributed by atoms with Gasteiger partial charge < -0.3 is 14.6 Å². The Morgan fingerprint density at radius 3 is 2.00 bits per heavy atom. The molecule has 0 aliphatic carbocycles. The SMILES string of the molecule is CCCCCCCCCCCCCC=C1C(=O)O[C@@](C)(OC)[C@@H]1O. The summed E-state index contributed by atoms with van der Waals surface area (Å²) in [6, 6.07) is 0. The summed E-state index contributed by atoms with van der Waals surface area (Å²) in [4.78, 5) is 11.8. The van der Waals surface area contributed by atoms with Gasteiger partial charge in [-0.3, -0.25) is 0 Å². The molecule has 4 heteroatoms. The van der Waals surface area contributed by atoms with Crippen molar-refractivity contribution in [1.82, 2.24) is 0 Å². The van der Waals surface area contributed by atoms with Gasteiger partial charge in [0.25, 0.3) is 0 Å². The van der Waals surface area contributed by atoms with Gasteiger partial charge in [-0.15, -0.1) is 0 Å². The maximum absolute atomic E-state index is 11.8. The van der Waals surface area contributed by atoms with Gasteiger partial charge in [-0.25, -0.2) is 4.79 Å². The molecule has 2 atom stereocenters. The fourth-order valence-electron chi connectivity index (χ4n) is 3.11. The molecule has 1 aliphatic heterocycles. The first-order chi connectivity index (χ1) is 11.5. The smallest absolute Gasteiger partial charge is 0.339 e. The number of unbranched alkanes of at least 4 members (excludes halogenated alkanes) is 11. The molecular formula is C20H36O4. The first-order valence-corrected chi connectivity index (χ1v) is 9.71. The molecule has 0 amide bonds. The van der Waals surface area contributed by atoms with Gasteiger partial charge in [0.05, 0.1) is 5.57 Å². The van der Waals surface area contributed by atoms with Crippen LogP contribution in [-0.4, -0.2) is 30.1 Å². The number of allylic oxidation sites excluding steroid dienone is 1. The molecule has 0 aromatic rings. The Balaban J connectivity index is 2.05. The van der Waals surface area contributed by atoms with Crippen LogP contribution in [0.5, 0.6) is 0 Å². The van der Waals surface area contributed by atoms with Crippen LogP contribution < -0.4 is 0 Å². The van der Waals surface area contributed by atoms with Crippen molar-refractivity contribution in [1.29, 1.82) is 0 Å². The van der Waals surface area contributed by atoms with Crippen LogP contribution >= 0.6 is 0 Å². The molecule has 0 radical (unpaired) electrons. The highest BCUT2D eigenvalue weighted by molar-refractivity contribution is 5.92. The lowest BCUT2D eigenvalue weighted by Gasteiger charge is -2.23. The number of methoxy groups -OCH3 is 1. The molecule has 1 rings (SSSR count). The van der Waals surface area contributed by atoms with E-state index in [2.05, 4.69) is 6.92 Å². The number of esters is 1. The van der Waals surface area contributed by atoms with E-state index in [4.69, 9.17) is 9.47 Å². The Bertz CT molecular complexity index is 391. The fourth-order valence-corrected chi connectivity index (χ4v) is 3.11. The van der Waals surface area contributed by atoms with Crippen LogP contribution in [0.25, 0.3) is 0 Å². The molecule has 24 heavy (non-hydrogen) atoms. The van der Waals surface area contributed by atoms with Crippen LogP contribution in [0.1, 0.15) is 90.9 Å². The monoisotopic (exact) mass is 340 g/mol. The molecule has 0 unspecified atom stereocenters. The average Bonchev–Trinajstić information content (AvgIpc) is 2.79. The van der Waals surface area contributed by atoms with Gasteiger partial charge in [0.2, 0.25) is 5.79 Å². The zero-order valence-electron chi connectivity index (χ0n) is 15.8. The topological polar surface area (TPSA) is 55.8 Å². The summed E-state index contributed by atoms with van der Waals surface area (Å²) < 4.78 is 10.2. The standard InChI is InChI=1S/C20H36O4/c1-4-5-6-7-8-9-10-11-12-13-14-15-16-17-18(21)20(2,23-3)24-19(17)22/h16,18,21H,4-15H2,1-3H3/t18-,20-/m1/s1. The Labute approximate surface area is 147 Å². The van der Waals surface area contributed by atoms with Crippen molar-refractivity contribution >= 4 is 5.97 Å². The number of hydrogen-bond acceptors (Lipinski definition) is 4. The van der Waals surface area contributed by atoms with E-state index in [1.807, 2.05) is 6.08 Å². The minimum absolute atomic E-state index is 0.339. The summed E-state index contributed by atoms with van der Waals surface area (Å²) in [5.41, 5.74) is 0.339. The third kappa shape index (κ3) is 6.94. The highest BCUT2D eigenvalue weighted by Crippen LogP contribution is 2.32. The average molecular weight is 341 g/mol. The van der Waals surface area contributed by atoms with Gasteiger partial charge in [0, 0.05) is 14.0 Å². The molecule has 0 bridgehead atoms. The lowest BCUT2D eigenvalue weighted by molar-refractivity contribution is -0.218. The molecule has 1 saturated heterocycles. The van der Waals surface area contributed by atoms with Crippen molar-refractivity contribution in [2.24, 2.45) is 0 Å². The van der Waals surface area contributed by atoms with Gasteiger partial charge >= 0.3 is 5.97 Å². The van der Waals surface area contributed by atoms with E-state index < -0.39 is 17.9 Å². The van der Waals surface area contributed by atoms with E-state index in [1.165, 1.54) is 71.3 Å². The number of hydrogen-bond donors (Lipinski definition) is 1. The largest absolute Gasteiger partial charge is 0.427 e. The molecule has 4 nitrogen and oxygen atoms in total. The summed E-state index contributed by atoms with van der Waals surface area (Å²) in [6.07, 6.45) is 15.9. The van der Waals surface area contributed by atoms with Crippen molar-refractivity contribution in [3.8, 4) is 0 Å². The van der Waals surface area contributed by atoms with Gasteiger partial charge in [0.1, 0.15) is 0 Å². The third-order valence-corrected chi connectivity index (χ3v) is 4.90. The van der Waals surface area contributed by atoms with Gasteiger partial charge in [-0.1, -0.05) is 77.2 Å². The van der Waals surface area contributed by atoms with Crippen LogP contribution in [0, 0.1) is 0 Å². The number of carbonyl (C=O) groups is 1. The van der Waals surface area contributed by atoms with Crippen LogP contribution in [0.2, 0.25) is 0 Å². The normalized spacial score (nSPS) is 25.4. The lowest BCUT2D eigenvalue weighted by Crippen LogP contribution is -2.38. The van der Waals surface area contributed by atoms with Crippen LogP contribution in [0.4, 0.5) is 0 Å². The van der Waals surface area contributed by atoms with E-state index in [-0.39, 0.29) is 0 Å². The summed E-state index contributed by atoms with van der Waals surface area (Å²) in [5.74, 6) is -1.70. The van der Waals surface area contributed by atoms with Gasteiger partial charge in [0.15, 0.2) is 6.10 Å². The fraction of sp³-hybridized carbons (Fsp3) is 0.850. The van der Waals surface area contributed by atoms with Crippen LogP contribution in [0.15, 0.2) is 11.6 Å². The number of aliphatic hydroxyl groups is 1. The van der Waals surface area contributed by atoms with E-state index in [0.29, 0.717) is 5.57 Å². The highest BCUT2D eigenvalue weighted by atomic mass is 16.7. The summed E-state index contributed by atoms with van der Waals surface area (Å²) in [7, 11) is 1.43. The van der Waals surface area contributed by atoms with Gasteiger partial charge in [-0.05, 0) is 12.8 Å². The number of ether oxygens (including phenoxy) is 2. The minimum Gasteiger partial charge on any atom is -0.427 e. The number of carbonyl (C=O) groups excluding carboxylic acids is 1.